The summed E-state index contributed by atoms with van der Waals surface area (Å²) >= 11 is 6.86. The molecule has 0 fully saturated rings. The van der Waals surface area contributed by atoms with Gasteiger partial charge in [-0.15, -0.1) is 0 Å². The molecule has 3 aromatic carbocycles. The largest absolute Gasteiger partial charge is 0.307 e. The van der Waals surface area contributed by atoms with Crippen LogP contribution in [0, 0.1) is 0 Å². The van der Waals surface area contributed by atoms with Gasteiger partial charge in [-0.05, 0) is 47.6 Å². The molecular weight excluding hydrogens is 375 g/mol. The minimum absolute atomic E-state index is 0.661. The maximum absolute atomic E-state index is 14.0. The topological polar surface area (TPSA) is 26.9 Å². The van der Waals surface area contributed by atoms with Crippen LogP contribution in [0.15, 0.2) is 84.9 Å². The van der Waals surface area contributed by atoms with Gasteiger partial charge in [0.1, 0.15) is 0 Å². The number of aromatic nitrogens is 2. The molecule has 130 valence electrons. The minimum atomic E-state index is -3.37. The highest BCUT2D eigenvalue weighted by atomic mass is 35.7. The number of fused-ring (bicyclic) bond motifs is 9. The second-order valence-corrected chi connectivity index (χ2v) is 10.1. The average Bonchev–Trinajstić information content (AvgIpc) is 3.24. The first-order valence-electron chi connectivity index (χ1n) is 8.78. The molecule has 0 saturated carbocycles. The molecule has 27 heavy (non-hydrogen) atoms. The molecule has 6 rings (SSSR count). The SMILES string of the molecule is O=P1(Cl)c2ccccc2-n2c(cc3ccccc32)-c2cc3ccccc3n21. The Hall–Kier alpha value is -2.74. The fourth-order valence-electron chi connectivity index (χ4n) is 4.20. The number of hydrogen-bond donors (Lipinski definition) is 0. The van der Waals surface area contributed by atoms with Gasteiger partial charge in [0.15, 0.2) is 0 Å². The molecular formula is C22H14ClN2OP. The number of rotatable bonds is 0. The molecule has 0 N–H and O–H groups in total. The summed E-state index contributed by atoms with van der Waals surface area (Å²) in [5, 5.41) is 2.84. The van der Waals surface area contributed by atoms with E-state index in [1.165, 1.54) is 0 Å². The molecule has 0 spiro atoms. The van der Waals surface area contributed by atoms with Gasteiger partial charge in [-0.3, -0.25) is 8.90 Å². The molecule has 3 heterocycles. The Balaban J connectivity index is 1.91. The average molecular weight is 389 g/mol. The van der Waals surface area contributed by atoms with Gasteiger partial charge in [0.05, 0.1) is 33.4 Å². The maximum atomic E-state index is 14.0. The second-order valence-electron chi connectivity index (χ2n) is 6.81. The van der Waals surface area contributed by atoms with Gasteiger partial charge in [0.25, 0.3) is 6.65 Å². The molecule has 2 aromatic heterocycles. The molecule has 1 aliphatic rings. The Morgan fingerprint density at radius 1 is 0.704 bits per heavy atom. The van der Waals surface area contributed by atoms with Crippen molar-refractivity contribution in [1.29, 1.82) is 0 Å². The Kier molecular flexibility index (Phi) is 2.93. The zero-order valence-electron chi connectivity index (χ0n) is 14.2. The summed E-state index contributed by atoms with van der Waals surface area (Å²) in [6.45, 7) is -3.37. The summed E-state index contributed by atoms with van der Waals surface area (Å²) in [7, 11) is 0. The first kappa shape index (κ1) is 15.3. The first-order chi connectivity index (χ1) is 13.2. The summed E-state index contributed by atoms with van der Waals surface area (Å²) in [6.07, 6.45) is 0. The van der Waals surface area contributed by atoms with Crippen LogP contribution in [0.1, 0.15) is 0 Å². The van der Waals surface area contributed by atoms with Gasteiger partial charge < -0.3 is 4.57 Å². The van der Waals surface area contributed by atoms with Crippen molar-refractivity contribution < 1.29 is 4.57 Å². The smallest absolute Gasteiger partial charge is 0.293 e. The molecule has 1 unspecified atom stereocenters. The second kappa shape index (κ2) is 5.16. The molecule has 0 bridgehead atoms. The van der Waals surface area contributed by atoms with E-state index in [0.717, 1.165) is 38.9 Å². The zero-order chi connectivity index (χ0) is 18.2. The van der Waals surface area contributed by atoms with Crippen molar-refractivity contribution >= 4 is 45.0 Å². The number of hydrogen-bond acceptors (Lipinski definition) is 1. The zero-order valence-corrected chi connectivity index (χ0v) is 15.9. The van der Waals surface area contributed by atoms with E-state index in [9.17, 15) is 4.57 Å². The van der Waals surface area contributed by atoms with E-state index >= 15 is 0 Å². The lowest BCUT2D eigenvalue weighted by molar-refractivity contribution is 0.586. The van der Waals surface area contributed by atoms with Crippen LogP contribution in [0.25, 0.3) is 38.9 Å². The van der Waals surface area contributed by atoms with E-state index in [4.69, 9.17) is 11.2 Å². The van der Waals surface area contributed by atoms with Crippen molar-refractivity contribution in [2.75, 3.05) is 0 Å². The molecule has 1 atom stereocenters. The van der Waals surface area contributed by atoms with Crippen LogP contribution >= 0.6 is 17.9 Å². The van der Waals surface area contributed by atoms with Crippen molar-refractivity contribution in [3.05, 3.63) is 84.9 Å². The van der Waals surface area contributed by atoms with Crippen molar-refractivity contribution in [1.82, 2.24) is 8.90 Å². The lowest BCUT2D eigenvalue weighted by Gasteiger charge is -2.16. The summed E-state index contributed by atoms with van der Waals surface area (Å²) in [4.78, 5) is 0. The molecule has 3 nitrogen and oxygen atoms in total. The lowest BCUT2D eigenvalue weighted by atomic mass is 10.2. The van der Waals surface area contributed by atoms with Gasteiger partial charge >= 0.3 is 0 Å². The standard InChI is InChI=1S/C22H14ClN2OP/c23-27(26)22-12-6-5-11-19(22)24-17-9-3-1-7-15(17)13-20(24)21-14-16-8-2-4-10-18(16)25(21)27/h1-14H. The normalized spacial score (nSPS) is 18.1. The molecule has 5 heteroatoms. The van der Waals surface area contributed by atoms with Crippen LogP contribution in [-0.2, 0) is 4.57 Å². The van der Waals surface area contributed by atoms with Crippen molar-refractivity contribution in [2.45, 2.75) is 0 Å². The van der Waals surface area contributed by atoms with E-state index in [2.05, 4.69) is 28.8 Å². The van der Waals surface area contributed by atoms with Crippen LogP contribution in [0.4, 0.5) is 0 Å². The Labute approximate surface area is 160 Å². The summed E-state index contributed by atoms with van der Waals surface area (Å²) in [5.74, 6) is 0. The fraction of sp³-hybridized carbons (Fsp3) is 0. The Morgan fingerprint density at radius 2 is 1.30 bits per heavy atom. The van der Waals surface area contributed by atoms with E-state index in [-0.39, 0.29) is 0 Å². The highest BCUT2D eigenvalue weighted by Gasteiger charge is 2.36. The predicted molar refractivity (Wildman–Crippen MR) is 113 cm³/mol. The van der Waals surface area contributed by atoms with E-state index in [1.54, 1.807) is 0 Å². The van der Waals surface area contributed by atoms with Crippen molar-refractivity contribution in [2.24, 2.45) is 0 Å². The Bertz CT molecular complexity index is 1430. The monoisotopic (exact) mass is 388 g/mol. The van der Waals surface area contributed by atoms with Crippen LogP contribution in [0.5, 0.6) is 0 Å². The van der Waals surface area contributed by atoms with E-state index in [1.807, 2.05) is 65.0 Å². The van der Waals surface area contributed by atoms with Crippen LogP contribution in [0.3, 0.4) is 0 Å². The van der Waals surface area contributed by atoms with Crippen LogP contribution in [-0.4, -0.2) is 8.90 Å². The molecule has 0 amide bonds. The van der Waals surface area contributed by atoms with E-state index < -0.39 is 6.65 Å². The van der Waals surface area contributed by atoms with Crippen molar-refractivity contribution in [3.63, 3.8) is 0 Å². The summed E-state index contributed by atoms with van der Waals surface area (Å²) < 4.78 is 18.0. The highest BCUT2D eigenvalue weighted by molar-refractivity contribution is 7.94. The minimum Gasteiger partial charge on any atom is -0.307 e. The van der Waals surface area contributed by atoms with E-state index in [0.29, 0.717) is 5.30 Å². The van der Waals surface area contributed by atoms with Gasteiger partial charge in [0.2, 0.25) is 0 Å². The van der Waals surface area contributed by atoms with Crippen molar-refractivity contribution in [3.8, 4) is 17.1 Å². The quantitative estimate of drug-likeness (QED) is 0.291. The van der Waals surface area contributed by atoms with Gasteiger partial charge in [-0.1, -0.05) is 48.5 Å². The number of para-hydroxylation sites is 3. The van der Waals surface area contributed by atoms with Gasteiger partial charge in [-0.25, -0.2) is 0 Å². The highest BCUT2D eigenvalue weighted by Crippen LogP contribution is 2.59. The molecule has 0 saturated heterocycles. The molecule has 0 aliphatic carbocycles. The lowest BCUT2D eigenvalue weighted by Crippen LogP contribution is -2.11. The molecule has 0 radical (unpaired) electrons. The number of benzene rings is 3. The third-order valence-electron chi connectivity index (χ3n) is 5.34. The fourth-order valence-corrected chi connectivity index (χ4v) is 6.95. The third-order valence-corrected chi connectivity index (χ3v) is 8.25. The summed E-state index contributed by atoms with van der Waals surface area (Å²) in [5.41, 5.74) is 4.72. The van der Waals surface area contributed by atoms with Gasteiger partial charge in [-0.2, -0.15) is 0 Å². The van der Waals surface area contributed by atoms with Crippen LogP contribution < -0.4 is 5.30 Å². The Morgan fingerprint density at radius 3 is 2.11 bits per heavy atom. The first-order valence-corrected chi connectivity index (χ1v) is 11.3. The predicted octanol–water partition coefficient (Wildman–Crippen LogP) is 6.17. The number of nitrogens with zero attached hydrogens (tertiary/aromatic N) is 2. The number of halogens is 1. The maximum Gasteiger partial charge on any atom is 0.293 e. The molecule has 5 aromatic rings. The van der Waals surface area contributed by atoms with Gasteiger partial charge in [0, 0.05) is 10.8 Å². The third kappa shape index (κ3) is 1.91. The summed E-state index contributed by atoms with van der Waals surface area (Å²) in [6, 6.07) is 28.2. The molecule has 1 aliphatic heterocycles. The van der Waals surface area contributed by atoms with Crippen LogP contribution in [0.2, 0.25) is 0 Å².